The summed E-state index contributed by atoms with van der Waals surface area (Å²) in [6.45, 7) is 3.00. The van der Waals surface area contributed by atoms with Crippen LogP contribution in [0.1, 0.15) is 25.5 Å². The van der Waals surface area contributed by atoms with Crippen LogP contribution in [0.3, 0.4) is 0 Å². The van der Waals surface area contributed by atoms with Gasteiger partial charge in [0.05, 0.1) is 12.4 Å². The summed E-state index contributed by atoms with van der Waals surface area (Å²) in [5.41, 5.74) is -1.04. The number of hydrogen-bond acceptors (Lipinski definition) is 6. The fourth-order valence-electron chi connectivity index (χ4n) is 2.39. The van der Waals surface area contributed by atoms with E-state index >= 15 is 0 Å². The molecule has 144 valence electrons. The molecule has 2 heterocycles. The fraction of sp³-hybridized carbons (Fsp3) is 0.600. The van der Waals surface area contributed by atoms with Crippen molar-refractivity contribution in [3.8, 4) is 0 Å². The minimum absolute atomic E-state index is 0.0839. The summed E-state index contributed by atoms with van der Waals surface area (Å²) in [6, 6.07) is 0.692. The van der Waals surface area contributed by atoms with Crippen LogP contribution in [0.5, 0.6) is 0 Å². The molecular weight excluding hydrogens is 373 g/mol. The number of alkyl halides is 3. The third kappa shape index (κ3) is 6.04. The van der Waals surface area contributed by atoms with Crippen molar-refractivity contribution in [3.05, 3.63) is 18.0 Å². The lowest BCUT2D eigenvalue weighted by Gasteiger charge is -2.31. The van der Waals surface area contributed by atoms with Crippen LogP contribution in [0.15, 0.2) is 17.4 Å². The monoisotopic (exact) mass is 392 g/mol. The van der Waals surface area contributed by atoms with Gasteiger partial charge in [-0.3, -0.25) is 4.79 Å². The van der Waals surface area contributed by atoms with Crippen LogP contribution in [0.25, 0.3) is 0 Å². The Kier molecular flexibility index (Phi) is 7.06. The van der Waals surface area contributed by atoms with E-state index in [4.69, 9.17) is 4.74 Å². The Hall–Kier alpha value is -2.04. The normalized spacial score (nSPS) is 15.6. The van der Waals surface area contributed by atoms with Gasteiger partial charge >= 0.3 is 12.3 Å². The number of likely N-dealkylation sites (tertiary alicyclic amines) is 1. The Morgan fingerprint density at radius 2 is 2.08 bits per heavy atom. The predicted octanol–water partition coefficient (Wildman–Crippen LogP) is 2.32. The highest BCUT2D eigenvalue weighted by Crippen LogP contribution is 2.28. The zero-order valence-corrected chi connectivity index (χ0v) is 14.9. The summed E-state index contributed by atoms with van der Waals surface area (Å²) in [5.74, 6) is -0.398. The molecule has 0 atom stereocenters. The number of nitrogens with zero attached hydrogens (tertiary/aromatic N) is 3. The van der Waals surface area contributed by atoms with Gasteiger partial charge in [0.1, 0.15) is 5.69 Å². The van der Waals surface area contributed by atoms with Crippen LogP contribution in [0.4, 0.5) is 18.0 Å². The van der Waals surface area contributed by atoms with Gasteiger partial charge < -0.3 is 15.0 Å². The summed E-state index contributed by atoms with van der Waals surface area (Å²) >= 11 is 0.841. The first-order chi connectivity index (χ1) is 12.3. The molecule has 11 heteroatoms. The number of halogens is 3. The molecule has 0 unspecified atom stereocenters. The van der Waals surface area contributed by atoms with Gasteiger partial charge in [0.25, 0.3) is 0 Å². The van der Waals surface area contributed by atoms with Crippen molar-refractivity contribution in [2.75, 3.05) is 25.4 Å². The van der Waals surface area contributed by atoms with Crippen molar-refractivity contribution >= 4 is 23.8 Å². The van der Waals surface area contributed by atoms with E-state index in [1.807, 2.05) is 0 Å². The topological polar surface area (TPSA) is 84.4 Å². The average molecular weight is 392 g/mol. The van der Waals surface area contributed by atoms with E-state index in [-0.39, 0.29) is 29.0 Å². The molecule has 1 fully saturated rings. The number of ether oxygens (including phenoxy) is 1. The Balaban J connectivity index is 1.76. The number of piperidine rings is 1. The molecule has 1 saturated heterocycles. The van der Waals surface area contributed by atoms with Crippen LogP contribution in [-0.2, 0) is 15.7 Å². The summed E-state index contributed by atoms with van der Waals surface area (Å²) in [4.78, 5) is 32.3. The molecule has 0 radical (unpaired) electrons. The van der Waals surface area contributed by atoms with Crippen molar-refractivity contribution in [1.29, 1.82) is 0 Å². The van der Waals surface area contributed by atoms with Gasteiger partial charge in [-0.1, -0.05) is 11.8 Å². The minimum Gasteiger partial charge on any atom is -0.450 e. The molecule has 1 aliphatic heterocycles. The molecule has 0 spiro atoms. The Morgan fingerprint density at radius 3 is 2.69 bits per heavy atom. The number of hydrogen-bond donors (Lipinski definition) is 1. The first-order valence-electron chi connectivity index (χ1n) is 8.03. The molecule has 2 rings (SSSR count). The first-order valence-corrected chi connectivity index (χ1v) is 9.02. The zero-order chi connectivity index (χ0) is 19.2. The van der Waals surface area contributed by atoms with Crippen LogP contribution in [0, 0.1) is 0 Å². The Labute approximate surface area is 152 Å². The van der Waals surface area contributed by atoms with Gasteiger partial charge in [-0.2, -0.15) is 13.2 Å². The van der Waals surface area contributed by atoms with Crippen LogP contribution in [0.2, 0.25) is 0 Å². The van der Waals surface area contributed by atoms with Crippen molar-refractivity contribution in [2.24, 2.45) is 0 Å². The largest absolute Gasteiger partial charge is 0.450 e. The smallest absolute Gasteiger partial charge is 0.433 e. The van der Waals surface area contributed by atoms with Crippen molar-refractivity contribution in [1.82, 2.24) is 20.2 Å². The SMILES string of the molecule is CCOC(=O)N1CCC(NC(=O)CSc2nccc(C(F)(F)F)n2)CC1. The van der Waals surface area contributed by atoms with E-state index in [1.165, 1.54) is 0 Å². The second-order valence-corrected chi connectivity index (χ2v) is 6.48. The van der Waals surface area contributed by atoms with E-state index in [0.717, 1.165) is 24.0 Å². The van der Waals surface area contributed by atoms with Gasteiger partial charge in [0, 0.05) is 25.3 Å². The second kappa shape index (κ2) is 9.06. The third-order valence-corrected chi connectivity index (χ3v) is 4.50. The van der Waals surface area contributed by atoms with E-state index < -0.39 is 11.9 Å². The van der Waals surface area contributed by atoms with Crippen LogP contribution in [-0.4, -0.2) is 58.4 Å². The van der Waals surface area contributed by atoms with E-state index in [0.29, 0.717) is 32.5 Å². The first kappa shape index (κ1) is 20.3. The molecule has 1 N–H and O–H groups in total. The number of nitrogens with one attached hydrogen (secondary N) is 1. The number of amides is 2. The fourth-order valence-corrected chi connectivity index (χ4v) is 3.03. The van der Waals surface area contributed by atoms with E-state index in [9.17, 15) is 22.8 Å². The summed E-state index contributed by atoms with van der Waals surface area (Å²) in [7, 11) is 0. The molecule has 0 bridgehead atoms. The Bertz CT molecular complexity index is 637. The lowest BCUT2D eigenvalue weighted by atomic mass is 10.1. The number of aromatic nitrogens is 2. The molecule has 0 saturated carbocycles. The maximum Gasteiger partial charge on any atom is 0.433 e. The van der Waals surface area contributed by atoms with Gasteiger partial charge in [0.15, 0.2) is 5.16 Å². The summed E-state index contributed by atoms with van der Waals surface area (Å²) < 4.78 is 42.7. The predicted molar refractivity (Wildman–Crippen MR) is 87.5 cm³/mol. The molecule has 1 aliphatic rings. The molecular formula is C15H19F3N4O3S. The van der Waals surface area contributed by atoms with Gasteiger partial charge in [-0.15, -0.1) is 0 Å². The maximum absolute atomic E-state index is 12.6. The highest BCUT2D eigenvalue weighted by atomic mass is 32.2. The van der Waals surface area contributed by atoms with Gasteiger partial charge in [-0.25, -0.2) is 14.8 Å². The summed E-state index contributed by atoms with van der Waals surface area (Å²) in [5, 5.41) is 2.70. The molecule has 0 aliphatic carbocycles. The second-order valence-electron chi connectivity index (χ2n) is 5.54. The maximum atomic E-state index is 12.6. The molecule has 1 aromatic rings. The highest BCUT2D eigenvalue weighted by molar-refractivity contribution is 7.99. The van der Waals surface area contributed by atoms with Gasteiger partial charge in [0.2, 0.25) is 5.91 Å². The van der Waals surface area contributed by atoms with Crippen molar-refractivity contribution < 1.29 is 27.5 Å². The number of carbonyl (C=O) groups excluding carboxylic acids is 2. The standard InChI is InChI=1S/C15H19F3N4O3S/c1-2-25-14(24)22-7-4-10(5-8-22)20-12(23)9-26-13-19-6-3-11(21-13)15(16,17)18/h3,6,10H,2,4-5,7-9H2,1H3,(H,20,23). The molecule has 0 aromatic carbocycles. The quantitative estimate of drug-likeness (QED) is 0.612. The van der Waals surface area contributed by atoms with Crippen LogP contribution < -0.4 is 5.32 Å². The third-order valence-electron chi connectivity index (χ3n) is 3.64. The van der Waals surface area contributed by atoms with Gasteiger partial charge in [-0.05, 0) is 25.8 Å². The van der Waals surface area contributed by atoms with Crippen molar-refractivity contribution in [2.45, 2.75) is 37.1 Å². The zero-order valence-electron chi connectivity index (χ0n) is 14.1. The number of rotatable bonds is 5. The number of carbonyl (C=O) groups is 2. The highest BCUT2D eigenvalue weighted by Gasteiger charge is 2.33. The molecule has 26 heavy (non-hydrogen) atoms. The Morgan fingerprint density at radius 1 is 1.38 bits per heavy atom. The number of thioether (sulfide) groups is 1. The molecule has 2 amide bonds. The lowest BCUT2D eigenvalue weighted by molar-refractivity contribution is -0.141. The lowest BCUT2D eigenvalue weighted by Crippen LogP contribution is -2.47. The van der Waals surface area contributed by atoms with E-state index in [1.54, 1.807) is 11.8 Å². The summed E-state index contributed by atoms with van der Waals surface area (Å²) in [6.07, 6.45) is -2.71. The molecule has 1 aromatic heterocycles. The molecule has 7 nitrogen and oxygen atoms in total. The van der Waals surface area contributed by atoms with Crippen molar-refractivity contribution in [3.63, 3.8) is 0 Å². The van der Waals surface area contributed by atoms with E-state index in [2.05, 4.69) is 15.3 Å². The average Bonchev–Trinajstić information content (AvgIpc) is 2.60. The minimum atomic E-state index is -4.55. The van der Waals surface area contributed by atoms with Crippen LogP contribution >= 0.6 is 11.8 Å².